The molecule has 0 N–H and O–H groups in total. The largest absolute Gasteiger partial charge is 0.416 e. The highest BCUT2D eigenvalue weighted by Crippen LogP contribution is 2.30. The van der Waals surface area contributed by atoms with Crippen molar-refractivity contribution in [2.45, 2.75) is 13.1 Å². The van der Waals surface area contributed by atoms with E-state index in [1.165, 1.54) is 18.2 Å². The molecule has 0 aromatic heterocycles. The minimum Gasteiger partial charge on any atom is -0.402 e. The van der Waals surface area contributed by atoms with Crippen LogP contribution in [-0.4, -0.2) is 11.9 Å². The molecule has 0 amide bonds. The minimum absolute atomic E-state index is 0.0347. The van der Waals surface area contributed by atoms with Gasteiger partial charge in [0.2, 0.25) is 5.90 Å². The highest BCUT2D eigenvalue weighted by Gasteiger charge is 2.30. The number of ether oxygens (including phenoxy) is 1. The fourth-order valence-corrected chi connectivity index (χ4v) is 2.30. The molecule has 0 unspecified atom stereocenters. The van der Waals surface area contributed by atoms with Crippen LogP contribution in [0.4, 0.5) is 13.2 Å². The smallest absolute Gasteiger partial charge is 0.402 e. The summed E-state index contributed by atoms with van der Waals surface area (Å²) in [6.07, 6.45) is -3.16. The molecule has 1 aliphatic rings. The highest BCUT2D eigenvalue weighted by atomic mass is 19.4. The average Bonchev–Trinajstić information content (AvgIpc) is 2.88. The van der Waals surface area contributed by atoms with Gasteiger partial charge in [0.25, 0.3) is 0 Å². The Balaban J connectivity index is 1.96. The molecule has 24 heavy (non-hydrogen) atoms. The second-order valence-corrected chi connectivity index (χ2v) is 5.27. The zero-order valence-corrected chi connectivity index (χ0v) is 12.6. The van der Waals surface area contributed by atoms with Gasteiger partial charge in [-0.25, -0.2) is 9.79 Å². The summed E-state index contributed by atoms with van der Waals surface area (Å²) in [7, 11) is 0. The van der Waals surface area contributed by atoms with Crippen LogP contribution in [0.3, 0.4) is 0 Å². The number of carbonyl (C=O) groups excluding carboxylic acids is 1. The number of halogens is 3. The number of carbonyl (C=O) groups is 1. The summed E-state index contributed by atoms with van der Waals surface area (Å²) in [5.41, 5.74) is 0.952. The van der Waals surface area contributed by atoms with Gasteiger partial charge in [0.15, 0.2) is 5.70 Å². The van der Waals surface area contributed by atoms with Gasteiger partial charge in [0.05, 0.1) is 5.56 Å². The van der Waals surface area contributed by atoms with E-state index in [0.717, 1.165) is 17.7 Å². The molecule has 1 heterocycles. The number of alkyl halides is 3. The summed E-state index contributed by atoms with van der Waals surface area (Å²) in [6, 6.07) is 11.9. The fraction of sp³-hybridized carbons (Fsp3) is 0.111. The predicted octanol–water partition coefficient (Wildman–Crippen LogP) is 4.36. The average molecular weight is 331 g/mol. The molecule has 3 rings (SSSR count). The first-order chi connectivity index (χ1) is 11.3. The summed E-state index contributed by atoms with van der Waals surface area (Å²) < 4.78 is 43.4. The first-order valence-corrected chi connectivity index (χ1v) is 7.10. The summed E-state index contributed by atoms with van der Waals surface area (Å²) in [5, 5.41) is 0. The van der Waals surface area contributed by atoms with E-state index in [1.807, 2.05) is 19.1 Å². The van der Waals surface area contributed by atoms with Crippen molar-refractivity contribution < 1.29 is 22.7 Å². The van der Waals surface area contributed by atoms with Crippen molar-refractivity contribution in [3.63, 3.8) is 0 Å². The SMILES string of the molecule is Cc1ccccc1C1=NC(=Cc2cccc(C(F)(F)F)c2)C(=O)O1. The Morgan fingerprint density at radius 3 is 2.54 bits per heavy atom. The molecule has 122 valence electrons. The molecular formula is C18H12F3NO2. The van der Waals surface area contributed by atoms with Crippen LogP contribution < -0.4 is 0 Å². The number of esters is 1. The van der Waals surface area contributed by atoms with E-state index in [0.29, 0.717) is 5.56 Å². The van der Waals surface area contributed by atoms with Gasteiger partial charge in [-0.05, 0) is 42.3 Å². The molecule has 0 radical (unpaired) electrons. The molecule has 6 heteroatoms. The molecule has 1 aliphatic heterocycles. The van der Waals surface area contributed by atoms with E-state index in [2.05, 4.69) is 4.99 Å². The predicted molar refractivity (Wildman–Crippen MR) is 83.2 cm³/mol. The number of hydrogen-bond donors (Lipinski definition) is 0. The zero-order valence-electron chi connectivity index (χ0n) is 12.6. The molecule has 0 bridgehead atoms. The maximum Gasteiger partial charge on any atom is 0.416 e. The van der Waals surface area contributed by atoms with Gasteiger partial charge in [0.1, 0.15) is 0 Å². The second-order valence-electron chi connectivity index (χ2n) is 5.27. The number of aliphatic imine (C=N–C) groups is 1. The Labute approximate surface area is 136 Å². The van der Waals surface area contributed by atoms with Crippen molar-refractivity contribution in [1.29, 1.82) is 0 Å². The molecule has 0 aliphatic carbocycles. The zero-order chi connectivity index (χ0) is 17.3. The molecule has 0 atom stereocenters. The van der Waals surface area contributed by atoms with Crippen LogP contribution in [-0.2, 0) is 15.7 Å². The Morgan fingerprint density at radius 2 is 1.83 bits per heavy atom. The van der Waals surface area contributed by atoms with E-state index in [4.69, 9.17) is 4.74 Å². The van der Waals surface area contributed by atoms with Crippen LogP contribution in [0.5, 0.6) is 0 Å². The van der Waals surface area contributed by atoms with Gasteiger partial charge in [-0.2, -0.15) is 13.2 Å². The lowest BCUT2D eigenvalue weighted by Crippen LogP contribution is -2.06. The number of benzene rings is 2. The number of nitrogens with zero attached hydrogens (tertiary/aromatic N) is 1. The summed E-state index contributed by atoms with van der Waals surface area (Å²) >= 11 is 0. The monoisotopic (exact) mass is 331 g/mol. The third kappa shape index (κ3) is 3.22. The second kappa shape index (κ2) is 5.96. The van der Waals surface area contributed by atoms with E-state index in [1.54, 1.807) is 12.1 Å². The van der Waals surface area contributed by atoms with E-state index in [9.17, 15) is 18.0 Å². The molecule has 2 aromatic carbocycles. The quantitative estimate of drug-likeness (QED) is 0.606. The third-order valence-electron chi connectivity index (χ3n) is 3.51. The molecule has 2 aromatic rings. The Hall–Kier alpha value is -2.89. The van der Waals surface area contributed by atoms with Crippen molar-refractivity contribution in [2.24, 2.45) is 4.99 Å². The van der Waals surface area contributed by atoms with Crippen molar-refractivity contribution in [3.8, 4) is 0 Å². The number of hydrogen-bond acceptors (Lipinski definition) is 3. The Kier molecular flexibility index (Phi) is 3.97. The van der Waals surface area contributed by atoms with Crippen molar-refractivity contribution in [2.75, 3.05) is 0 Å². The number of cyclic esters (lactones) is 1. The lowest BCUT2D eigenvalue weighted by Gasteiger charge is -2.06. The van der Waals surface area contributed by atoms with Crippen molar-refractivity contribution in [1.82, 2.24) is 0 Å². The topological polar surface area (TPSA) is 38.7 Å². The Bertz CT molecular complexity index is 867. The van der Waals surface area contributed by atoms with Crippen LogP contribution >= 0.6 is 0 Å². The summed E-state index contributed by atoms with van der Waals surface area (Å²) in [6.45, 7) is 1.85. The van der Waals surface area contributed by atoms with Crippen LogP contribution in [0, 0.1) is 6.92 Å². The van der Waals surface area contributed by atoms with Gasteiger partial charge in [0, 0.05) is 5.56 Å². The van der Waals surface area contributed by atoms with Crippen molar-refractivity contribution in [3.05, 3.63) is 76.5 Å². The first kappa shape index (κ1) is 16.0. The lowest BCUT2D eigenvalue weighted by atomic mass is 10.1. The van der Waals surface area contributed by atoms with Gasteiger partial charge in [-0.1, -0.05) is 30.3 Å². The molecule has 0 fully saturated rings. The first-order valence-electron chi connectivity index (χ1n) is 7.10. The van der Waals surface area contributed by atoms with Crippen LogP contribution in [0.25, 0.3) is 6.08 Å². The minimum atomic E-state index is -4.44. The summed E-state index contributed by atoms with van der Waals surface area (Å²) in [4.78, 5) is 16.0. The van der Waals surface area contributed by atoms with E-state index in [-0.39, 0.29) is 17.2 Å². The molecular weight excluding hydrogens is 319 g/mol. The maximum absolute atomic E-state index is 12.7. The Morgan fingerprint density at radius 1 is 1.08 bits per heavy atom. The maximum atomic E-state index is 12.7. The third-order valence-corrected chi connectivity index (χ3v) is 3.51. The number of aryl methyl sites for hydroxylation is 1. The van der Waals surface area contributed by atoms with Gasteiger partial charge < -0.3 is 4.74 Å². The van der Waals surface area contributed by atoms with E-state index < -0.39 is 17.7 Å². The van der Waals surface area contributed by atoms with Crippen molar-refractivity contribution >= 4 is 17.9 Å². The highest BCUT2D eigenvalue weighted by molar-refractivity contribution is 6.13. The van der Waals surface area contributed by atoms with E-state index >= 15 is 0 Å². The van der Waals surface area contributed by atoms with Gasteiger partial charge in [-0.3, -0.25) is 0 Å². The fourth-order valence-electron chi connectivity index (χ4n) is 2.30. The standard InChI is InChI=1S/C18H12F3NO2/c1-11-5-2-3-8-14(11)16-22-15(17(23)24-16)10-12-6-4-7-13(9-12)18(19,20)21/h2-10H,1H3. The molecule has 0 saturated heterocycles. The van der Waals surface area contributed by atoms with Crippen LogP contribution in [0.2, 0.25) is 0 Å². The molecule has 0 saturated carbocycles. The van der Waals surface area contributed by atoms with Crippen LogP contribution in [0.1, 0.15) is 22.3 Å². The normalized spacial score (nSPS) is 16.2. The molecule has 0 spiro atoms. The molecule has 3 nitrogen and oxygen atoms in total. The van der Waals surface area contributed by atoms with Crippen LogP contribution in [0.15, 0.2) is 59.2 Å². The summed E-state index contributed by atoms with van der Waals surface area (Å²) in [5.74, 6) is -0.540. The lowest BCUT2D eigenvalue weighted by molar-refractivity contribution is -0.137. The van der Waals surface area contributed by atoms with Gasteiger partial charge >= 0.3 is 12.1 Å². The van der Waals surface area contributed by atoms with Gasteiger partial charge in [-0.15, -0.1) is 0 Å². The number of rotatable bonds is 2.